The lowest BCUT2D eigenvalue weighted by atomic mass is 9.99. The first-order valence-corrected chi connectivity index (χ1v) is 4.22. The maximum absolute atomic E-state index is 3.53. The summed E-state index contributed by atoms with van der Waals surface area (Å²) in [4.78, 5) is 0. The lowest BCUT2D eigenvalue weighted by Crippen LogP contribution is -2.39. The van der Waals surface area contributed by atoms with E-state index in [9.17, 15) is 0 Å². The minimum Gasteiger partial charge on any atom is -0.308 e. The minimum atomic E-state index is 0.647. The zero-order valence-electron chi connectivity index (χ0n) is 6.93. The Balaban J connectivity index is 2.32. The van der Waals surface area contributed by atoms with Crippen molar-refractivity contribution in [1.29, 1.82) is 0 Å². The first-order chi connectivity index (χ1) is 4.83. The highest BCUT2D eigenvalue weighted by molar-refractivity contribution is 4.94. The van der Waals surface area contributed by atoms with Crippen molar-refractivity contribution in [2.45, 2.75) is 45.2 Å². The third-order valence-corrected chi connectivity index (χ3v) is 2.08. The van der Waals surface area contributed by atoms with E-state index in [1.807, 2.05) is 0 Å². The number of allylic oxidation sites excluding steroid dienone is 1. The normalized spacial score (nSPS) is 35.0. The molecular weight excluding hydrogens is 122 g/mol. The van der Waals surface area contributed by atoms with Gasteiger partial charge in [-0.15, -0.1) is 0 Å². The van der Waals surface area contributed by atoms with Gasteiger partial charge in [0.1, 0.15) is 0 Å². The van der Waals surface area contributed by atoms with Crippen LogP contribution in [-0.4, -0.2) is 12.1 Å². The summed E-state index contributed by atoms with van der Waals surface area (Å²) in [6.07, 6.45) is 8.43. The van der Waals surface area contributed by atoms with Gasteiger partial charge in [0.05, 0.1) is 0 Å². The van der Waals surface area contributed by atoms with Crippen LogP contribution in [-0.2, 0) is 0 Å². The zero-order valence-corrected chi connectivity index (χ0v) is 6.93. The summed E-state index contributed by atoms with van der Waals surface area (Å²) >= 11 is 0. The summed E-state index contributed by atoms with van der Waals surface area (Å²) in [7, 11) is 0. The number of hydrogen-bond acceptors (Lipinski definition) is 1. The van der Waals surface area contributed by atoms with Gasteiger partial charge in [0.2, 0.25) is 0 Å². The molecule has 0 aromatic rings. The molecule has 1 aliphatic rings. The summed E-state index contributed by atoms with van der Waals surface area (Å²) in [6, 6.07) is 1.36. The number of nitrogens with one attached hydrogen (secondary N) is 1. The molecule has 1 saturated heterocycles. The van der Waals surface area contributed by atoms with E-state index in [4.69, 9.17) is 0 Å². The first kappa shape index (κ1) is 7.80. The van der Waals surface area contributed by atoms with Crippen molar-refractivity contribution < 1.29 is 0 Å². The van der Waals surface area contributed by atoms with E-state index in [2.05, 4.69) is 31.3 Å². The van der Waals surface area contributed by atoms with Crippen LogP contribution in [0.15, 0.2) is 12.2 Å². The second-order valence-corrected chi connectivity index (χ2v) is 3.13. The summed E-state index contributed by atoms with van der Waals surface area (Å²) in [6.45, 7) is 4.34. The Kier molecular flexibility index (Phi) is 2.94. The Hall–Kier alpha value is -0.300. The van der Waals surface area contributed by atoms with Crippen LogP contribution in [0.2, 0.25) is 0 Å². The van der Waals surface area contributed by atoms with Crippen molar-refractivity contribution in [3.05, 3.63) is 12.2 Å². The molecule has 1 heterocycles. The van der Waals surface area contributed by atoms with Crippen LogP contribution in [0.5, 0.6) is 0 Å². The summed E-state index contributed by atoms with van der Waals surface area (Å²) in [5.74, 6) is 0. The van der Waals surface area contributed by atoms with Gasteiger partial charge in [-0.3, -0.25) is 0 Å². The van der Waals surface area contributed by atoms with E-state index in [-0.39, 0.29) is 0 Å². The van der Waals surface area contributed by atoms with E-state index in [1.165, 1.54) is 19.3 Å². The van der Waals surface area contributed by atoms with Gasteiger partial charge >= 0.3 is 0 Å². The van der Waals surface area contributed by atoms with Crippen LogP contribution in [0.25, 0.3) is 0 Å². The molecule has 0 aliphatic carbocycles. The van der Waals surface area contributed by atoms with Crippen molar-refractivity contribution >= 4 is 0 Å². The molecule has 0 saturated carbocycles. The van der Waals surface area contributed by atoms with Gasteiger partial charge in [-0.25, -0.2) is 0 Å². The van der Waals surface area contributed by atoms with Crippen molar-refractivity contribution in [1.82, 2.24) is 5.32 Å². The van der Waals surface area contributed by atoms with E-state index in [0.717, 1.165) is 6.04 Å². The van der Waals surface area contributed by atoms with Gasteiger partial charge in [-0.05, 0) is 26.7 Å². The van der Waals surface area contributed by atoms with Crippen LogP contribution in [0.3, 0.4) is 0 Å². The summed E-state index contributed by atoms with van der Waals surface area (Å²) in [5, 5.41) is 3.53. The fourth-order valence-corrected chi connectivity index (χ4v) is 1.56. The predicted molar refractivity (Wildman–Crippen MR) is 45.1 cm³/mol. The number of piperidine rings is 1. The van der Waals surface area contributed by atoms with Crippen LogP contribution < -0.4 is 5.32 Å². The molecule has 0 spiro atoms. The van der Waals surface area contributed by atoms with E-state index in [0.29, 0.717) is 6.04 Å². The lowest BCUT2D eigenvalue weighted by Gasteiger charge is -2.26. The molecule has 0 aromatic carbocycles. The van der Waals surface area contributed by atoms with Gasteiger partial charge in [-0.1, -0.05) is 18.6 Å². The molecule has 58 valence electrons. The van der Waals surface area contributed by atoms with Crippen LogP contribution in [0.1, 0.15) is 33.1 Å². The highest BCUT2D eigenvalue weighted by Gasteiger charge is 2.13. The molecule has 10 heavy (non-hydrogen) atoms. The summed E-state index contributed by atoms with van der Waals surface area (Å²) < 4.78 is 0. The third kappa shape index (κ3) is 2.14. The standard InChI is InChI=1S/C9H17N/c1-3-5-9-7-4-6-8(2)10-9/h3,5,8-10H,4,6-7H2,1-2H3/t8-,9-/m1/s1. The molecule has 2 atom stereocenters. The Morgan fingerprint density at radius 2 is 2.20 bits per heavy atom. The average molecular weight is 139 g/mol. The van der Waals surface area contributed by atoms with Gasteiger partial charge in [0.25, 0.3) is 0 Å². The third-order valence-electron chi connectivity index (χ3n) is 2.08. The zero-order chi connectivity index (χ0) is 7.40. The number of hydrogen-bond donors (Lipinski definition) is 1. The highest BCUT2D eigenvalue weighted by Crippen LogP contribution is 2.12. The molecule has 0 bridgehead atoms. The van der Waals surface area contributed by atoms with Crippen molar-refractivity contribution in [3.63, 3.8) is 0 Å². The summed E-state index contributed by atoms with van der Waals surface area (Å²) in [5.41, 5.74) is 0. The fourth-order valence-electron chi connectivity index (χ4n) is 1.56. The second-order valence-electron chi connectivity index (χ2n) is 3.13. The molecule has 0 amide bonds. The SMILES string of the molecule is CC=C[C@@H]1CCC[C@@H](C)N1. The Labute approximate surface area is 63.5 Å². The molecule has 1 aliphatic heterocycles. The van der Waals surface area contributed by atoms with Crippen LogP contribution in [0.4, 0.5) is 0 Å². The monoisotopic (exact) mass is 139 g/mol. The Bertz CT molecular complexity index is 118. The van der Waals surface area contributed by atoms with Crippen LogP contribution in [0, 0.1) is 0 Å². The smallest absolute Gasteiger partial charge is 0.0252 e. The Morgan fingerprint density at radius 1 is 1.40 bits per heavy atom. The second kappa shape index (κ2) is 3.77. The highest BCUT2D eigenvalue weighted by atomic mass is 14.9. The lowest BCUT2D eigenvalue weighted by molar-refractivity contribution is 0.374. The molecule has 1 nitrogen and oxygen atoms in total. The van der Waals surface area contributed by atoms with Gasteiger partial charge in [-0.2, -0.15) is 0 Å². The molecule has 1 N–H and O–H groups in total. The Morgan fingerprint density at radius 3 is 2.80 bits per heavy atom. The maximum Gasteiger partial charge on any atom is 0.0252 e. The minimum absolute atomic E-state index is 0.647. The van der Waals surface area contributed by atoms with E-state index < -0.39 is 0 Å². The van der Waals surface area contributed by atoms with Crippen LogP contribution >= 0.6 is 0 Å². The van der Waals surface area contributed by atoms with Gasteiger partial charge in [0.15, 0.2) is 0 Å². The van der Waals surface area contributed by atoms with E-state index in [1.54, 1.807) is 0 Å². The largest absolute Gasteiger partial charge is 0.308 e. The maximum atomic E-state index is 3.53. The first-order valence-electron chi connectivity index (χ1n) is 4.22. The van der Waals surface area contributed by atoms with Gasteiger partial charge in [0, 0.05) is 12.1 Å². The fraction of sp³-hybridized carbons (Fsp3) is 0.778. The predicted octanol–water partition coefficient (Wildman–Crippen LogP) is 2.09. The molecule has 0 radical (unpaired) electrons. The van der Waals surface area contributed by atoms with Crippen molar-refractivity contribution in [3.8, 4) is 0 Å². The molecule has 1 rings (SSSR count). The van der Waals surface area contributed by atoms with Crippen molar-refractivity contribution in [2.75, 3.05) is 0 Å². The van der Waals surface area contributed by atoms with E-state index >= 15 is 0 Å². The van der Waals surface area contributed by atoms with Crippen molar-refractivity contribution in [2.24, 2.45) is 0 Å². The molecular formula is C9H17N. The molecule has 1 heteroatoms. The molecule has 0 unspecified atom stereocenters. The average Bonchev–Trinajstić information content (AvgIpc) is 1.88. The van der Waals surface area contributed by atoms with Gasteiger partial charge < -0.3 is 5.32 Å². The quantitative estimate of drug-likeness (QED) is 0.548. The molecule has 1 fully saturated rings. The molecule has 0 aromatic heterocycles. The topological polar surface area (TPSA) is 12.0 Å². The number of rotatable bonds is 1.